The summed E-state index contributed by atoms with van der Waals surface area (Å²) in [5, 5.41) is 3.08. The summed E-state index contributed by atoms with van der Waals surface area (Å²) in [5.41, 5.74) is 1.11. The second-order valence-corrected chi connectivity index (χ2v) is 5.95. The molecule has 0 spiro atoms. The van der Waals surface area contributed by atoms with Crippen LogP contribution >= 0.6 is 0 Å². The molecule has 1 aliphatic rings. The number of nitrogens with zero attached hydrogens (tertiary/aromatic N) is 1. The van der Waals surface area contributed by atoms with E-state index in [0.29, 0.717) is 11.6 Å². The van der Waals surface area contributed by atoms with Gasteiger partial charge in [-0.15, -0.1) is 0 Å². The van der Waals surface area contributed by atoms with Crippen molar-refractivity contribution < 1.29 is 9.53 Å². The summed E-state index contributed by atoms with van der Waals surface area (Å²) in [6.07, 6.45) is 4.84. The van der Waals surface area contributed by atoms with E-state index < -0.39 is 0 Å². The Labute approximate surface area is 134 Å². The van der Waals surface area contributed by atoms with Gasteiger partial charge >= 0.3 is 5.69 Å². The minimum atomic E-state index is -0.292. The summed E-state index contributed by atoms with van der Waals surface area (Å²) in [6, 6.07) is 7.72. The first-order chi connectivity index (χ1) is 11.1. The number of benzene rings is 1. The number of methoxy groups -OCH3 is 1. The zero-order valence-corrected chi connectivity index (χ0v) is 13.3. The van der Waals surface area contributed by atoms with E-state index in [4.69, 9.17) is 4.74 Å². The highest BCUT2D eigenvalue weighted by Crippen LogP contribution is 2.38. The average molecular weight is 315 g/mol. The highest BCUT2D eigenvalue weighted by atomic mass is 16.5. The van der Waals surface area contributed by atoms with Crippen LogP contribution < -0.4 is 15.7 Å². The molecule has 23 heavy (non-hydrogen) atoms. The van der Waals surface area contributed by atoms with Gasteiger partial charge in [-0.05, 0) is 36.5 Å². The first-order valence-electron chi connectivity index (χ1n) is 7.79. The molecule has 2 N–H and O–H groups in total. The van der Waals surface area contributed by atoms with Crippen LogP contribution in [0.3, 0.4) is 0 Å². The zero-order valence-electron chi connectivity index (χ0n) is 13.3. The summed E-state index contributed by atoms with van der Waals surface area (Å²) in [4.78, 5) is 26.5. The fraction of sp³-hybridized carbons (Fsp3) is 0.412. The Kier molecular flexibility index (Phi) is 4.23. The van der Waals surface area contributed by atoms with Gasteiger partial charge in [0, 0.05) is 13.2 Å². The molecular formula is C17H21N3O3. The van der Waals surface area contributed by atoms with Gasteiger partial charge in [0.1, 0.15) is 11.4 Å². The highest BCUT2D eigenvalue weighted by Gasteiger charge is 2.30. The molecule has 1 amide bonds. The van der Waals surface area contributed by atoms with Crippen LogP contribution in [0.1, 0.15) is 41.4 Å². The van der Waals surface area contributed by atoms with Gasteiger partial charge in [0.2, 0.25) is 0 Å². The maximum absolute atomic E-state index is 12.5. The Morgan fingerprint density at radius 3 is 2.52 bits per heavy atom. The van der Waals surface area contributed by atoms with Gasteiger partial charge < -0.3 is 15.0 Å². The van der Waals surface area contributed by atoms with E-state index in [-0.39, 0.29) is 17.6 Å². The van der Waals surface area contributed by atoms with Gasteiger partial charge in [-0.3, -0.25) is 9.36 Å². The predicted molar refractivity (Wildman–Crippen MR) is 86.6 cm³/mol. The van der Waals surface area contributed by atoms with E-state index in [1.54, 1.807) is 14.2 Å². The molecule has 2 aromatic rings. The highest BCUT2D eigenvalue weighted by molar-refractivity contribution is 5.92. The lowest BCUT2D eigenvalue weighted by Gasteiger charge is -2.34. The van der Waals surface area contributed by atoms with E-state index in [9.17, 15) is 9.59 Å². The molecule has 1 aromatic heterocycles. The predicted octanol–water partition coefficient (Wildman–Crippen LogP) is 1.99. The molecule has 1 atom stereocenters. The third-order valence-corrected chi connectivity index (χ3v) is 4.61. The lowest BCUT2D eigenvalue weighted by molar-refractivity contribution is 0.0892. The number of hydrogen-bond acceptors (Lipinski definition) is 3. The average Bonchev–Trinajstić information content (AvgIpc) is 2.85. The molecule has 1 unspecified atom stereocenters. The number of H-pyrrole nitrogens is 1. The summed E-state index contributed by atoms with van der Waals surface area (Å²) in [7, 11) is 3.21. The molecule has 1 fully saturated rings. The molecule has 6 heteroatoms. The molecule has 1 aromatic carbocycles. The topological polar surface area (TPSA) is 76.1 Å². The summed E-state index contributed by atoms with van der Waals surface area (Å²) in [5.74, 6) is 0.988. The quantitative estimate of drug-likeness (QED) is 0.886. The van der Waals surface area contributed by atoms with Crippen LogP contribution in [-0.2, 0) is 7.05 Å². The van der Waals surface area contributed by atoms with Gasteiger partial charge in [0.15, 0.2) is 0 Å². The number of carbonyl (C=O) groups excluding carboxylic acids is 1. The number of aromatic amines is 1. The van der Waals surface area contributed by atoms with Gasteiger partial charge in [-0.25, -0.2) is 4.79 Å². The fourth-order valence-corrected chi connectivity index (χ4v) is 2.92. The number of rotatable bonds is 5. The SMILES string of the molecule is COc1ccc(C(NC(=O)c2c[nH]c(=O)n2C)C2CCC2)cc1. The van der Waals surface area contributed by atoms with Crippen molar-refractivity contribution in [3.05, 3.63) is 52.2 Å². The van der Waals surface area contributed by atoms with Crippen molar-refractivity contribution in [2.45, 2.75) is 25.3 Å². The third-order valence-electron chi connectivity index (χ3n) is 4.61. The van der Waals surface area contributed by atoms with Gasteiger partial charge in [0.25, 0.3) is 5.91 Å². The van der Waals surface area contributed by atoms with E-state index in [1.165, 1.54) is 17.2 Å². The molecule has 3 rings (SSSR count). The number of imidazole rings is 1. The van der Waals surface area contributed by atoms with Crippen molar-refractivity contribution in [1.29, 1.82) is 0 Å². The first-order valence-corrected chi connectivity index (χ1v) is 7.79. The number of amides is 1. The van der Waals surface area contributed by atoms with Crippen LogP contribution in [0.4, 0.5) is 0 Å². The van der Waals surface area contributed by atoms with Crippen LogP contribution in [0.2, 0.25) is 0 Å². The largest absolute Gasteiger partial charge is 0.497 e. The minimum Gasteiger partial charge on any atom is -0.497 e. The maximum Gasteiger partial charge on any atom is 0.325 e. The zero-order chi connectivity index (χ0) is 16.4. The molecule has 0 saturated heterocycles. The van der Waals surface area contributed by atoms with Crippen molar-refractivity contribution in [2.24, 2.45) is 13.0 Å². The second kappa shape index (κ2) is 6.32. The number of nitrogens with one attached hydrogen (secondary N) is 2. The Hall–Kier alpha value is -2.50. The Morgan fingerprint density at radius 1 is 1.35 bits per heavy atom. The van der Waals surface area contributed by atoms with Gasteiger partial charge in [-0.1, -0.05) is 18.6 Å². The fourth-order valence-electron chi connectivity index (χ4n) is 2.92. The molecule has 0 aliphatic heterocycles. The molecular weight excluding hydrogens is 294 g/mol. The summed E-state index contributed by atoms with van der Waals surface area (Å²) >= 11 is 0. The van der Waals surface area contributed by atoms with Crippen molar-refractivity contribution >= 4 is 5.91 Å². The van der Waals surface area contributed by atoms with Crippen molar-refractivity contribution in [3.63, 3.8) is 0 Å². The number of carbonyl (C=O) groups is 1. The summed E-state index contributed by atoms with van der Waals surface area (Å²) < 4.78 is 6.51. The van der Waals surface area contributed by atoms with Gasteiger partial charge in [0.05, 0.1) is 13.2 Å². The summed E-state index contributed by atoms with van der Waals surface area (Å²) in [6.45, 7) is 0. The molecule has 122 valence electrons. The number of hydrogen-bond donors (Lipinski definition) is 2. The molecule has 1 aliphatic carbocycles. The smallest absolute Gasteiger partial charge is 0.325 e. The van der Waals surface area contributed by atoms with Crippen molar-refractivity contribution in [1.82, 2.24) is 14.9 Å². The lowest BCUT2D eigenvalue weighted by Crippen LogP contribution is -2.37. The standard InChI is InChI=1S/C17H21N3O3/c1-20-14(10-18-17(20)22)16(21)19-15(11-4-3-5-11)12-6-8-13(23-2)9-7-12/h6-11,15H,3-5H2,1-2H3,(H,18,22)(H,19,21). The number of aromatic nitrogens is 2. The minimum absolute atomic E-state index is 0.0489. The normalized spacial score (nSPS) is 15.7. The third kappa shape index (κ3) is 3.02. The van der Waals surface area contributed by atoms with Crippen molar-refractivity contribution in [3.8, 4) is 5.75 Å². The molecule has 1 heterocycles. The Bertz CT molecular complexity index is 741. The van der Waals surface area contributed by atoms with E-state index in [2.05, 4.69) is 10.3 Å². The van der Waals surface area contributed by atoms with Crippen LogP contribution in [0.25, 0.3) is 0 Å². The molecule has 6 nitrogen and oxygen atoms in total. The van der Waals surface area contributed by atoms with E-state index in [0.717, 1.165) is 24.2 Å². The van der Waals surface area contributed by atoms with Crippen LogP contribution in [0.5, 0.6) is 5.75 Å². The monoisotopic (exact) mass is 315 g/mol. The maximum atomic E-state index is 12.5. The van der Waals surface area contributed by atoms with E-state index >= 15 is 0 Å². The van der Waals surface area contributed by atoms with Crippen LogP contribution in [0.15, 0.2) is 35.3 Å². The van der Waals surface area contributed by atoms with E-state index in [1.807, 2.05) is 24.3 Å². The molecule has 0 bridgehead atoms. The first kappa shape index (κ1) is 15.4. The molecule has 0 radical (unpaired) electrons. The van der Waals surface area contributed by atoms with Gasteiger partial charge in [-0.2, -0.15) is 0 Å². The Balaban J connectivity index is 1.83. The van der Waals surface area contributed by atoms with Crippen molar-refractivity contribution in [2.75, 3.05) is 7.11 Å². The van der Waals surface area contributed by atoms with Crippen LogP contribution in [-0.4, -0.2) is 22.6 Å². The van der Waals surface area contributed by atoms with Crippen LogP contribution in [0, 0.1) is 5.92 Å². The molecule has 1 saturated carbocycles. The second-order valence-electron chi connectivity index (χ2n) is 5.95. The Morgan fingerprint density at radius 2 is 2.04 bits per heavy atom. The number of ether oxygens (including phenoxy) is 1. The lowest BCUT2D eigenvalue weighted by atomic mass is 9.77.